The number of nitrogens with zero attached hydrogens (tertiary/aromatic N) is 2. The zero-order valence-corrected chi connectivity index (χ0v) is 15.9. The highest BCUT2D eigenvalue weighted by atomic mass is 19.4. The Balaban J connectivity index is 1.58. The van der Waals surface area contributed by atoms with Crippen molar-refractivity contribution in [3.05, 3.63) is 59.3 Å². The second kappa shape index (κ2) is 7.87. The van der Waals surface area contributed by atoms with Crippen LogP contribution in [0.15, 0.2) is 42.6 Å². The van der Waals surface area contributed by atoms with Crippen molar-refractivity contribution in [1.29, 1.82) is 0 Å². The molecule has 1 aliphatic heterocycles. The monoisotopic (exact) mass is 402 g/mol. The van der Waals surface area contributed by atoms with Gasteiger partial charge in [0.1, 0.15) is 11.9 Å². The molecule has 3 aromatic rings. The molecule has 2 aromatic carbocycles. The molecule has 0 spiro atoms. The van der Waals surface area contributed by atoms with E-state index in [1.165, 1.54) is 13.0 Å². The molecule has 1 aromatic heterocycles. The Hall–Kier alpha value is -2.87. The third-order valence-electron chi connectivity index (χ3n) is 5.15. The lowest BCUT2D eigenvalue weighted by Gasteiger charge is -2.16. The number of benzene rings is 2. The van der Waals surface area contributed by atoms with Crippen LogP contribution in [0.25, 0.3) is 10.8 Å². The lowest BCUT2D eigenvalue weighted by molar-refractivity contribution is -0.138. The number of rotatable bonds is 5. The predicted octanol–water partition coefficient (Wildman–Crippen LogP) is 4.31. The molecule has 8 heteroatoms. The van der Waals surface area contributed by atoms with Crippen molar-refractivity contribution in [3.8, 4) is 5.75 Å². The third-order valence-corrected chi connectivity index (χ3v) is 5.15. The van der Waals surface area contributed by atoms with Gasteiger partial charge in [0.05, 0.1) is 11.8 Å². The fourth-order valence-electron chi connectivity index (χ4n) is 3.54. The second-order valence-corrected chi connectivity index (χ2v) is 7.12. The van der Waals surface area contributed by atoms with Gasteiger partial charge in [-0.25, -0.2) is 0 Å². The van der Waals surface area contributed by atoms with E-state index in [1.54, 1.807) is 12.3 Å². The van der Waals surface area contributed by atoms with Gasteiger partial charge in [-0.3, -0.25) is 0 Å². The highest BCUT2D eigenvalue weighted by Crippen LogP contribution is 2.33. The van der Waals surface area contributed by atoms with E-state index < -0.39 is 11.7 Å². The molecule has 29 heavy (non-hydrogen) atoms. The molecule has 1 saturated heterocycles. The highest BCUT2D eigenvalue weighted by Gasteiger charge is 2.32. The Labute approximate surface area is 166 Å². The molecule has 1 atom stereocenters. The van der Waals surface area contributed by atoms with Gasteiger partial charge in [-0.05, 0) is 55.3 Å². The summed E-state index contributed by atoms with van der Waals surface area (Å²) >= 11 is 0. The first-order valence-electron chi connectivity index (χ1n) is 9.44. The summed E-state index contributed by atoms with van der Waals surface area (Å²) in [5.74, 6) is 1.24. The first kappa shape index (κ1) is 19.4. The van der Waals surface area contributed by atoms with E-state index in [4.69, 9.17) is 4.74 Å². The molecule has 1 unspecified atom stereocenters. The van der Waals surface area contributed by atoms with Crippen LogP contribution in [0.3, 0.4) is 0 Å². The number of hydrogen-bond donors (Lipinski definition) is 2. The molecule has 1 aliphatic rings. The molecule has 0 saturated carbocycles. The molecule has 0 amide bonds. The molecule has 2 heterocycles. The van der Waals surface area contributed by atoms with E-state index in [1.807, 2.05) is 18.2 Å². The summed E-state index contributed by atoms with van der Waals surface area (Å²) in [7, 11) is 0. The summed E-state index contributed by atoms with van der Waals surface area (Å²) in [5.41, 5.74) is 0.142. The Kier molecular flexibility index (Phi) is 5.27. The standard InChI is InChI=1S/C21H21F3N4O/c1-13-14(3-2-4-19(13)21(22,23)24)10-26-20-18-9-16(29-17-7-8-25-12-17)6-5-15(18)11-27-28-20/h2-6,9,11,17,25H,7-8,10,12H2,1H3,(H,26,28). The van der Waals surface area contributed by atoms with Crippen molar-refractivity contribution >= 4 is 16.6 Å². The fraction of sp³-hybridized carbons (Fsp3) is 0.333. The van der Waals surface area contributed by atoms with Crippen LogP contribution in [0.5, 0.6) is 5.75 Å². The summed E-state index contributed by atoms with van der Waals surface area (Å²) in [4.78, 5) is 0. The quantitative estimate of drug-likeness (QED) is 0.666. The lowest BCUT2D eigenvalue weighted by Crippen LogP contribution is -2.19. The normalized spacial score (nSPS) is 16.9. The molecule has 0 radical (unpaired) electrons. The summed E-state index contributed by atoms with van der Waals surface area (Å²) in [6.07, 6.45) is -1.64. The van der Waals surface area contributed by atoms with Crippen molar-refractivity contribution in [3.63, 3.8) is 0 Å². The zero-order chi connectivity index (χ0) is 20.4. The van der Waals surface area contributed by atoms with Crippen LogP contribution >= 0.6 is 0 Å². The van der Waals surface area contributed by atoms with E-state index >= 15 is 0 Å². The van der Waals surface area contributed by atoms with E-state index in [0.29, 0.717) is 11.4 Å². The Morgan fingerprint density at radius 3 is 2.86 bits per heavy atom. The fourth-order valence-corrected chi connectivity index (χ4v) is 3.54. The molecule has 0 aliphatic carbocycles. The number of aromatic nitrogens is 2. The van der Waals surface area contributed by atoms with Crippen LogP contribution in [-0.4, -0.2) is 29.4 Å². The van der Waals surface area contributed by atoms with Crippen LogP contribution < -0.4 is 15.4 Å². The van der Waals surface area contributed by atoms with Gasteiger partial charge in [-0.2, -0.15) is 18.3 Å². The number of fused-ring (bicyclic) bond motifs is 1. The maximum absolute atomic E-state index is 13.2. The maximum Gasteiger partial charge on any atom is 0.416 e. The number of anilines is 1. The van der Waals surface area contributed by atoms with Gasteiger partial charge in [0.15, 0.2) is 5.82 Å². The van der Waals surface area contributed by atoms with E-state index in [2.05, 4.69) is 20.8 Å². The summed E-state index contributed by atoms with van der Waals surface area (Å²) in [5, 5.41) is 16.2. The lowest BCUT2D eigenvalue weighted by atomic mass is 10.0. The largest absolute Gasteiger partial charge is 0.489 e. The summed E-state index contributed by atoms with van der Waals surface area (Å²) in [6.45, 7) is 3.44. The van der Waals surface area contributed by atoms with E-state index in [0.717, 1.165) is 42.1 Å². The third kappa shape index (κ3) is 4.27. The van der Waals surface area contributed by atoms with Crippen molar-refractivity contribution < 1.29 is 17.9 Å². The number of halogens is 3. The van der Waals surface area contributed by atoms with Crippen LogP contribution in [0.1, 0.15) is 23.1 Å². The van der Waals surface area contributed by atoms with Crippen molar-refractivity contribution in [1.82, 2.24) is 15.5 Å². The first-order chi connectivity index (χ1) is 13.9. The highest BCUT2D eigenvalue weighted by molar-refractivity contribution is 5.92. The van der Waals surface area contributed by atoms with Gasteiger partial charge >= 0.3 is 6.18 Å². The number of nitrogens with one attached hydrogen (secondary N) is 2. The minimum atomic E-state index is -4.37. The van der Waals surface area contributed by atoms with Gasteiger partial charge < -0.3 is 15.4 Å². The van der Waals surface area contributed by atoms with Crippen molar-refractivity contribution in [2.24, 2.45) is 0 Å². The van der Waals surface area contributed by atoms with Crippen LogP contribution in [0, 0.1) is 6.92 Å². The molecular weight excluding hydrogens is 381 g/mol. The molecule has 5 nitrogen and oxygen atoms in total. The Bertz CT molecular complexity index is 1020. The molecule has 2 N–H and O–H groups in total. The topological polar surface area (TPSA) is 59.1 Å². The average molecular weight is 402 g/mol. The molecule has 0 bridgehead atoms. The number of hydrogen-bond acceptors (Lipinski definition) is 5. The van der Waals surface area contributed by atoms with Crippen LogP contribution in [-0.2, 0) is 12.7 Å². The first-order valence-corrected chi connectivity index (χ1v) is 9.44. The van der Waals surface area contributed by atoms with Gasteiger partial charge in [0, 0.05) is 23.9 Å². The summed E-state index contributed by atoms with van der Waals surface area (Å²) < 4.78 is 45.5. The minimum Gasteiger partial charge on any atom is -0.489 e. The zero-order valence-electron chi connectivity index (χ0n) is 15.9. The SMILES string of the molecule is Cc1c(CNc2nncc3ccc(OC4CCNC4)cc23)cccc1C(F)(F)F. The number of alkyl halides is 3. The summed E-state index contributed by atoms with van der Waals surface area (Å²) in [6, 6.07) is 9.88. The van der Waals surface area contributed by atoms with Crippen molar-refractivity contribution in [2.45, 2.75) is 32.2 Å². The molecular formula is C21H21F3N4O. The average Bonchev–Trinajstić information content (AvgIpc) is 3.19. The minimum absolute atomic E-state index is 0.131. The van der Waals surface area contributed by atoms with Gasteiger partial charge in [-0.15, -0.1) is 5.10 Å². The maximum atomic E-state index is 13.2. The van der Waals surface area contributed by atoms with Crippen LogP contribution in [0.2, 0.25) is 0 Å². The number of ether oxygens (including phenoxy) is 1. The predicted molar refractivity (Wildman–Crippen MR) is 105 cm³/mol. The van der Waals surface area contributed by atoms with E-state index in [-0.39, 0.29) is 18.2 Å². The van der Waals surface area contributed by atoms with Gasteiger partial charge in [0.2, 0.25) is 0 Å². The van der Waals surface area contributed by atoms with Gasteiger partial charge in [-0.1, -0.05) is 12.1 Å². The Morgan fingerprint density at radius 2 is 2.10 bits per heavy atom. The smallest absolute Gasteiger partial charge is 0.416 e. The van der Waals surface area contributed by atoms with Crippen LogP contribution in [0.4, 0.5) is 19.0 Å². The van der Waals surface area contributed by atoms with Crippen molar-refractivity contribution in [2.75, 3.05) is 18.4 Å². The molecule has 152 valence electrons. The molecule has 4 rings (SSSR count). The molecule has 1 fully saturated rings. The van der Waals surface area contributed by atoms with Gasteiger partial charge in [0.25, 0.3) is 0 Å². The Morgan fingerprint density at radius 1 is 1.24 bits per heavy atom. The van der Waals surface area contributed by atoms with E-state index in [9.17, 15) is 13.2 Å². The second-order valence-electron chi connectivity index (χ2n) is 7.12.